The molecule has 27 heavy (non-hydrogen) atoms. The van der Waals surface area contributed by atoms with Crippen molar-refractivity contribution >= 4 is 17.6 Å². The highest BCUT2D eigenvalue weighted by Gasteiger charge is 2.23. The number of hydrogen-bond donors (Lipinski definition) is 3. The van der Waals surface area contributed by atoms with Gasteiger partial charge < -0.3 is 20.7 Å². The molecule has 0 bridgehead atoms. The fourth-order valence-electron chi connectivity index (χ4n) is 2.92. The second-order valence-corrected chi connectivity index (χ2v) is 6.42. The van der Waals surface area contributed by atoms with Gasteiger partial charge in [-0.25, -0.2) is 0 Å². The van der Waals surface area contributed by atoms with Crippen molar-refractivity contribution < 1.29 is 9.53 Å². The van der Waals surface area contributed by atoms with Gasteiger partial charge in [0.2, 0.25) is 0 Å². The topological polar surface area (TPSA) is 92.6 Å². The Morgan fingerprint density at radius 1 is 1.33 bits per heavy atom. The smallest absolute Gasteiger partial charge is 0.253 e. The van der Waals surface area contributed by atoms with Crippen molar-refractivity contribution in [1.29, 1.82) is 0 Å². The zero-order valence-electron chi connectivity index (χ0n) is 15.7. The standard InChI is InChI=1S/C19H26N6O2/c1-20-19(22-13-16-8-9-23-25(16)2)21-12-14-5-3-6-15(11-14)24-18(26)17-7-4-10-27-17/h3,5-6,8-9,11,17H,4,7,10,12-13H2,1-2H3,(H,24,26)(H2,20,21,22). The van der Waals surface area contributed by atoms with Crippen molar-refractivity contribution in [1.82, 2.24) is 20.4 Å². The van der Waals surface area contributed by atoms with Gasteiger partial charge in [-0.15, -0.1) is 0 Å². The van der Waals surface area contributed by atoms with Crippen LogP contribution in [0, 0.1) is 0 Å². The SMILES string of the molecule is CN=C(NCc1cccc(NC(=O)C2CCCO2)c1)NCc1ccnn1C. The monoisotopic (exact) mass is 370 g/mol. The molecule has 1 saturated heterocycles. The fourth-order valence-corrected chi connectivity index (χ4v) is 2.92. The minimum atomic E-state index is -0.332. The maximum atomic E-state index is 12.2. The lowest BCUT2D eigenvalue weighted by molar-refractivity contribution is -0.124. The van der Waals surface area contributed by atoms with E-state index in [4.69, 9.17) is 4.74 Å². The second-order valence-electron chi connectivity index (χ2n) is 6.42. The average molecular weight is 370 g/mol. The van der Waals surface area contributed by atoms with Crippen molar-refractivity contribution in [3.63, 3.8) is 0 Å². The number of hydrogen-bond acceptors (Lipinski definition) is 4. The van der Waals surface area contributed by atoms with Crippen LogP contribution in [0.4, 0.5) is 5.69 Å². The predicted molar refractivity (Wildman–Crippen MR) is 104 cm³/mol. The van der Waals surface area contributed by atoms with Crippen molar-refractivity contribution in [3.05, 3.63) is 47.8 Å². The van der Waals surface area contributed by atoms with Crippen LogP contribution in [0.5, 0.6) is 0 Å². The molecule has 8 heteroatoms. The second kappa shape index (κ2) is 9.18. The molecule has 3 N–H and O–H groups in total. The number of anilines is 1. The molecule has 1 amide bonds. The van der Waals surface area contributed by atoms with Gasteiger partial charge in [-0.1, -0.05) is 12.1 Å². The van der Waals surface area contributed by atoms with E-state index in [1.54, 1.807) is 13.2 Å². The van der Waals surface area contributed by atoms with E-state index in [-0.39, 0.29) is 12.0 Å². The summed E-state index contributed by atoms with van der Waals surface area (Å²) in [6.07, 6.45) is 3.16. The van der Waals surface area contributed by atoms with Crippen LogP contribution in [0.3, 0.4) is 0 Å². The number of nitrogens with one attached hydrogen (secondary N) is 3. The van der Waals surface area contributed by atoms with E-state index in [0.717, 1.165) is 29.8 Å². The summed E-state index contributed by atoms with van der Waals surface area (Å²) in [4.78, 5) is 16.4. The third kappa shape index (κ3) is 5.30. The van der Waals surface area contributed by atoms with Crippen LogP contribution < -0.4 is 16.0 Å². The summed E-state index contributed by atoms with van der Waals surface area (Å²) in [5.41, 5.74) is 2.88. The third-order valence-electron chi connectivity index (χ3n) is 4.46. The Balaban J connectivity index is 1.50. The van der Waals surface area contributed by atoms with Gasteiger partial charge >= 0.3 is 0 Å². The quantitative estimate of drug-likeness (QED) is 0.528. The molecule has 8 nitrogen and oxygen atoms in total. The van der Waals surface area contributed by atoms with Crippen LogP contribution >= 0.6 is 0 Å². The summed E-state index contributed by atoms with van der Waals surface area (Å²) in [6, 6.07) is 9.72. The number of nitrogens with zero attached hydrogens (tertiary/aromatic N) is 3. The molecule has 2 aromatic rings. The zero-order chi connectivity index (χ0) is 19.1. The first-order valence-electron chi connectivity index (χ1n) is 9.08. The van der Waals surface area contributed by atoms with E-state index in [1.807, 2.05) is 42.1 Å². The number of amides is 1. The summed E-state index contributed by atoms with van der Waals surface area (Å²) in [5.74, 6) is 0.622. The Hall–Kier alpha value is -2.87. The van der Waals surface area contributed by atoms with Gasteiger partial charge in [-0.05, 0) is 36.6 Å². The highest BCUT2D eigenvalue weighted by atomic mass is 16.5. The average Bonchev–Trinajstić information content (AvgIpc) is 3.34. The van der Waals surface area contributed by atoms with Gasteiger partial charge in [0.05, 0.1) is 12.2 Å². The molecular formula is C19H26N6O2. The number of aliphatic imine (C=N–C) groups is 1. The van der Waals surface area contributed by atoms with Crippen LogP contribution in [-0.4, -0.2) is 41.4 Å². The molecule has 1 aromatic heterocycles. The van der Waals surface area contributed by atoms with E-state index in [1.165, 1.54) is 0 Å². The lowest BCUT2D eigenvalue weighted by Crippen LogP contribution is -2.36. The summed E-state index contributed by atoms with van der Waals surface area (Å²) >= 11 is 0. The Kier molecular flexibility index (Phi) is 6.43. The van der Waals surface area contributed by atoms with E-state index < -0.39 is 0 Å². The Bertz CT molecular complexity index is 795. The number of rotatable bonds is 6. The molecule has 2 heterocycles. The molecule has 1 aromatic carbocycles. The maximum Gasteiger partial charge on any atom is 0.253 e. The first kappa shape index (κ1) is 18.9. The Morgan fingerprint density at radius 2 is 2.19 bits per heavy atom. The Morgan fingerprint density at radius 3 is 2.89 bits per heavy atom. The highest BCUT2D eigenvalue weighted by Crippen LogP contribution is 2.16. The zero-order valence-corrected chi connectivity index (χ0v) is 15.7. The molecule has 0 aliphatic carbocycles. The van der Waals surface area contributed by atoms with Gasteiger partial charge in [-0.3, -0.25) is 14.5 Å². The highest BCUT2D eigenvalue weighted by molar-refractivity contribution is 5.94. The van der Waals surface area contributed by atoms with Gasteiger partial charge in [0, 0.05) is 39.1 Å². The maximum absolute atomic E-state index is 12.2. The number of benzene rings is 1. The fraction of sp³-hybridized carbons (Fsp3) is 0.421. The van der Waals surface area contributed by atoms with Crippen LogP contribution in [-0.2, 0) is 29.7 Å². The van der Waals surface area contributed by atoms with Gasteiger partial charge in [-0.2, -0.15) is 5.10 Å². The molecule has 1 unspecified atom stereocenters. The molecule has 1 atom stereocenters. The predicted octanol–water partition coefficient (Wildman–Crippen LogP) is 1.40. The summed E-state index contributed by atoms with van der Waals surface area (Å²) in [5, 5.41) is 13.6. The molecule has 0 saturated carbocycles. The first-order chi connectivity index (χ1) is 13.2. The minimum absolute atomic E-state index is 0.0775. The number of carbonyl (C=O) groups is 1. The van der Waals surface area contributed by atoms with E-state index >= 15 is 0 Å². The normalized spacial score (nSPS) is 17.0. The molecule has 1 fully saturated rings. The Labute approximate surface area is 159 Å². The van der Waals surface area contributed by atoms with Gasteiger partial charge in [0.1, 0.15) is 6.10 Å². The number of carbonyl (C=O) groups excluding carboxylic acids is 1. The number of ether oxygens (including phenoxy) is 1. The summed E-state index contributed by atoms with van der Waals surface area (Å²) in [7, 11) is 3.64. The van der Waals surface area contributed by atoms with Crippen molar-refractivity contribution in [2.75, 3.05) is 19.0 Å². The molecule has 0 radical (unpaired) electrons. The van der Waals surface area contributed by atoms with E-state index in [9.17, 15) is 4.79 Å². The minimum Gasteiger partial charge on any atom is -0.368 e. The first-order valence-corrected chi connectivity index (χ1v) is 9.08. The van der Waals surface area contributed by atoms with Gasteiger partial charge in [0.15, 0.2) is 5.96 Å². The third-order valence-corrected chi connectivity index (χ3v) is 4.46. The molecule has 144 valence electrons. The van der Waals surface area contributed by atoms with E-state index in [0.29, 0.717) is 25.7 Å². The number of aryl methyl sites for hydroxylation is 1. The lowest BCUT2D eigenvalue weighted by atomic mass is 10.2. The van der Waals surface area contributed by atoms with Crippen LogP contribution in [0.1, 0.15) is 24.1 Å². The van der Waals surface area contributed by atoms with E-state index in [2.05, 4.69) is 26.0 Å². The van der Waals surface area contributed by atoms with Crippen LogP contribution in [0.25, 0.3) is 0 Å². The summed E-state index contributed by atoms with van der Waals surface area (Å²) < 4.78 is 7.24. The molecule has 0 spiro atoms. The molecule has 1 aliphatic heterocycles. The number of aromatic nitrogens is 2. The van der Waals surface area contributed by atoms with Crippen molar-refractivity contribution in [2.24, 2.45) is 12.0 Å². The molecule has 1 aliphatic rings. The molecule has 3 rings (SSSR count). The summed E-state index contributed by atoms with van der Waals surface area (Å²) in [6.45, 7) is 1.88. The van der Waals surface area contributed by atoms with Crippen molar-refractivity contribution in [3.8, 4) is 0 Å². The lowest BCUT2D eigenvalue weighted by Gasteiger charge is -2.14. The van der Waals surface area contributed by atoms with Crippen molar-refractivity contribution in [2.45, 2.75) is 32.0 Å². The molecular weight excluding hydrogens is 344 g/mol. The number of guanidine groups is 1. The largest absolute Gasteiger partial charge is 0.368 e. The van der Waals surface area contributed by atoms with Crippen LogP contribution in [0.2, 0.25) is 0 Å². The van der Waals surface area contributed by atoms with Gasteiger partial charge in [0.25, 0.3) is 5.91 Å². The van der Waals surface area contributed by atoms with Crippen LogP contribution in [0.15, 0.2) is 41.5 Å².